The molecule has 0 spiro atoms. The Balaban J connectivity index is 2.20. The molecule has 2 heterocycles. The van der Waals surface area contributed by atoms with Gasteiger partial charge in [-0.15, -0.1) is 0 Å². The molecule has 1 fully saturated rings. The smallest absolute Gasteiger partial charge is 0.352 e. The van der Waals surface area contributed by atoms with E-state index in [1.54, 1.807) is 0 Å². The van der Waals surface area contributed by atoms with E-state index in [1.165, 1.54) is 4.57 Å². The van der Waals surface area contributed by atoms with E-state index in [0.29, 0.717) is 25.5 Å². The lowest BCUT2D eigenvalue weighted by atomic mass is 10.1. The van der Waals surface area contributed by atoms with Gasteiger partial charge in [-0.2, -0.15) is 0 Å². The van der Waals surface area contributed by atoms with Crippen LogP contribution in [0.5, 0.6) is 5.75 Å². The third-order valence-electron chi connectivity index (χ3n) is 3.12. The largest absolute Gasteiger partial charge is 0.508 e. The van der Waals surface area contributed by atoms with Gasteiger partial charge in [-0.05, 0) is 18.8 Å². The molecule has 0 amide bonds. The number of aromatic carboxylic acids is 1. The van der Waals surface area contributed by atoms with Gasteiger partial charge in [-0.3, -0.25) is 4.79 Å². The molecule has 18 heavy (non-hydrogen) atoms. The highest BCUT2D eigenvalue weighted by molar-refractivity contribution is 5.86. The van der Waals surface area contributed by atoms with Crippen LogP contribution in [-0.2, 0) is 11.3 Å². The molecular weight excluding hydrogens is 238 g/mol. The normalized spacial score (nSPS) is 19.0. The molecule has 0 saturated carbocycles. The van der Waals surface area contributed by atoms with Crippen LogP contribution in [0, 0.1) is 5.92 Å². The summed E-state index contributed by atoms with van der Waals surface area (Å²) in [6, 6.07) is 2.12. The summed E-state index contributed by atoms with van der Waals surface area (Å²) in [5.41, 5.74) is -0.676. The second-order valence-electron chi connectivity index (χ2n) is 4.41. The Hall–Kier alpha value is -1.82. The van der Waals surface area contributed by atoms with Crippen molar-refractivity contribution in [2.24, 2.45) is 5.92 Å². The average Bonchev–Trinajstić information content (AvgIpc) is 2.79. The number of rotatable bonds is 4. The van der Waals surface area contributed by atoms with Gasteiger partial charge in [0.2, 0.25) is 0 Å². The SMILES string of the molecule is O=C(O)c1cc(O)cc(=O)n1CCC1CCOC1. The molecule has 6 heteroatoms. The Kier molecular flexibility index (Phi) is 3.66. The van der Waals surface area contributed by atoms with Gasteiger partial charge in [0.15, 0.2) is 0 Å². The Labute approximate surface area is 103 Å². The summed E-state index contributed by atoms with van der Waals surface area (Å²) in [5.74, 6) is -1.17. The third kappa shape index (κ3) is 2.70. The molecule has 1 saturated heterocycles. The molecule has 0 radical (unpaired) electrons. The van der Waals surface area contributed by atoms with Crippen molar-refractivity contribution in [3.63, 3.8) is 0 Å². The lowest BCUT2D eigenvalue weighted by Crippen LogP contribution is -2.26. The first-order chi connectivity index (χ1) is 8.58. The number of hydrogen-bond acceptors (Lipinski definition) is 4. The Morgan fingerprint density at radius 3 is 2.89 bits per heavy atom. The number of carboxylic acid groups (broad SMARTS) is 1. The number of carbonyl (C=O) groups is 1. The molecule has 0 bridgehead atoms. The maximum absolute atomic E-state index is 11.7. The zero-order chi connectivity index (χ0) is 13.1. The van der Waals surface area contributed by atoms with E-state index in [2.05, 4.69) is 0 Å². The van der Waals surface area contributed by atoms with Crippen LogP contribution >= 0.6 is 0 Å². The summed E-state index contributed by atoms with van der Waals surface area (Å²) in [4.78, 5) is 22.7. The van der Waals surface area contributed by atoms with E-state index in [9.17, 15) is 14.7 Å². The van der Waals surface area contributed by atoms with Gasteiger partial charge in [0.05, 0.1) is 0 Å². The van der Waals surface area contributed by atoms with Crippen LogP contribution in [0.3, 0.4) is 0 Å². The summed E-state index contributed by atoms with van der Waals surface area (Å²) in [5, 5.41) is 18.3. The van der Waals surface area contributed by atoms with Gasteiger partial charge < -0.3 is 19.5 Å². The fourth-order valence-electron chi connectivity index (χ4n) is 2.11. The van der Waals surface area contributed by atoms with Gasteiger partial charge in [0, 0.05) is 31.9 Å². The van der Waals surface area contributed by atoms with Gasteiger partial charge in [-0.1, -0.05) is 0 Å². The van der Waals surface area contributed by atoms with Gasteiger partial charge in [-0.25, -0.2) is 4.79 Å². The molecule has 0 aliphatic carbocycles. The maximum atomic E-state index is 11.7. The van der Waals surface area contributed by atoms with E-state index in [0.717, 1.165) is 25.2 Å². The monoisotopic (exact) mass is 253 g/mol. The fourth-order valence-corrected chi connectivity index (χ4v) is 2.11. The molecule has 0 aromatic carbocycles. The maximum Gasteiger partial charge on any atom is 0.352 e. The molecule has 1 atom stereocenters. The van der Waals surface area contributed by atoms with Gasteiger partial charge in [0.25, 0.3) is 5.56 Å². The second-order valence-corrected chi connectivity index (χ2v) is 4.41. The zero-order valence-electron chi connectivity index (χ0n) is 9.83. The minimum absolute atomic E-state index is 0.182. The molecule has 2 N–H and O–H groups in total. The predicted octanol–water partition coefficient (Wildman–Crippen LogP) is 0.679. The van der Waals surface area contributed by atoms with E-state index in [-0.39, 0.29) is 11.4 Å². The molecule has 2 rings (SSSR count). The van der Waals surface area contributed by atoms with Crippen molar-refractivity contribution in [1.29, 1.82) is 0 Å². The first kappa shape index (κ1) is 12.6. The van der Waals surface area contributed by atoms with Gasteiger partial charge in [0.1, 0.15) is 11.4 Å². The highest BCUT2D eigenvalue weighted by atomic mass is 16.5. The van der Waals surface area contributed by atoms with E-state index < -0.39 is 11.5 Å². The van der Waals surface area contributed by atoms with Crippen molar-refractivity contribution in [1.82, 2.24) is 4.57 Å². The van der Waals surface area contributed by atoms with E-state index in [4.69, 9.17) is 9.84 Å². The van der Waals surface area contributed by atoms with E-state index >= 15 is 0 Å². The average molecular weight is 253 g/mol. The number of carboxylic acids is 1. The number of pyridine rings is 1. The molecule has 6 nitrogen and oxygen atoms in total. The summed E-state index contributed by atoms with van der Waals surface area (Å²) in [6.45, 7) is 1.71. The number of hydrogen-bond donors (Lipinski definition) is 2. The lowest BCUT2D eigenvalue weighted by Gasteiger charge is -2.12. The molecule has 1 aromatic rings. The minimum atomic E-state index is -1.22. The van der Waals surface area contributed by atoms with Crippen LogP contribution in [0.1, 0.15) is 23.3 Å². The molecule has 1 aliphatic heterocycles. The number of nitrogens with zero attached hydrogens (tertiary/aromatic N) is 1. The predicted molar refractivity (Wildman–Crippen MR) is 62.9 cm³/mol. The fraction of sp³-hybridized carbons (Fsp3) is 0.500. The summed E-state index contributed by atoms with van der Waals surface area (Å²) in [7, 11) is 0. The number of aromatic hydroxyl groups is 1. The first-order valence-corrected chi connectivity index (χ1v) is 5.83. The van der Waals surface area contributed by atoms with Crippen molar-refractivity contribution in [2.45, 2.75) is 19.4 Å². The van der Waals surface area contributed by atoms with E-state index in [1.807, 2.05) is 0 Å². The van der Waals surface area contributed by atoms with Crippen molar-refractivity contribution in [3.05, 3.63) is 28.2 Å². The summed E-state index contributed by atoms with van der Waals surface area (Å²) < 4.78 is 6.41. The van der Waals surface area contributed by atoms with Crippen LogP contribution < -0.4 is 5.56 Å². The molecule has 1 aromatic heterocycles. The van der Waals surface area contributed by atoms with Crippen molar-refractivity contribution in [3.8, 4) is 5.75 Å². The molecular formula is C12H15NO5. The second kappa shape index (κ2) is 5.22. The first-order valence-electron chi connectivity index (χ1n) is 5.83. The van der Waals surface area contributed by atoms with Crippen molar-refractivity contribution >= 4 is 5.97 Å². The lowest BCUT2D eigenvalue weighted by molar-refractivity contribution is 0.0682. The van der Waals surface area contributed by atoms with Crippen LogP contribution in [0.2, 0.25) is 0 Å². The topological polar surface area (TPSA) is 88.8 Å². The van der Waals surface area contributed by atoms with Crippen LogP contribution in [-0.4, -0.2) is 34.0 Å². The quantitative estimate of drug-likeness (QED) is 0.823. The number of ether oxygens (including phenoxy) is 1. The molecule has 98 valence electrons. The standard InChI is InChI=1S/C12H15NO5/c14-9-5-10(12(16)17)13(11(15)6-9)3-1-8-2-4-18-7-8/h5-6,8,14H,1-4,7H2,(H,16,17). The Morgan fingerprint density at radius 1 is 1.50 bits per heavy atom. The highest BCUT2D eigenvalue weighted by Gasteiger charge is 2.18. The summed E-state index contributed by atoms with van der Waals surface area (Å²) in [6.07, 6.45) is 1.64. The van der Waals surface area contributed by atoms with Crippen LogP contribution in [0.15, 0.2) is 16.9 Å². The Morgan fingerprint density at radius 2 is 2.28 bits per heavy atom. The molecule has 1 unspecified atom stereocenters. The highest BCUT2D eigenvalue weighted by Crippen LogP contribution is 2.17. The van der Waals surface area contributed by atoms with Crippen molar-refractivity contribution < 1.29 is 19.7 Å². The Bertz CT molecular complexity index is 502. The van der Waals surface area contributed by atoms with Crippen LogP contribution in [0.4, 0.5) is 0 Å². The summed E-state index contributed by atoms with van der Waals surface area (Å²) >= 11 is 0. The minimum Gasteiger partial charge on any atom is -0.508 e. The van der Waals surface area contributed by atoms with Crippen molar-refractivity contribution in [2.75, 3.05) is 13.2 Å². The third-order valence-corrected chi connectivity index (χ3v) is 3.12. The number of aromatic nitrogens is 1. The molecule has 1 aliphatic rings. The van der Waals surface area contributed by atoms with Crippen LogP contribution in [0.25, 0.3) is 0 Å². The zero-order valence-corrected chi connectivity index (χ0v) is 9.83. The van der Waals surface area contributed by atoms with Gasteiger partial charge >= 0.3 is 5.97 Å².